The third kappa shape index (κ3) is 5.19. The smallest absolute Gasteiger partial charge is 0.0587 e. The third-order valence-electron chi connectivity index (χ3n) is 3.66. The van der Waals surface area contributed by atoms with Gasteiger partial charge in [0, 0.05) is 33.4 Å². The lowest BCUT2D eigenvalue weighted by molar-refractivity contribution is 0.189. The summed E-state index contributed by atoms with van der Waals surface area (Å²) in [7, 11) is 3.71. The third-order valence-corrected chi connectivity index (χ3v) is 3.66. The van der Waals surface area contributed by atoms with Crippen LogP contribution >= 0.6 is 0 Å². The quantitative estimate of drug-likeness (QED) is 0.684. The summed E-state index contributed by atoms with van der Waals surface area (Å²) >= 11 is 0. The summed E-state index contributed by atoms with van der Waals surface area (Å²) in [6.07, 6.45) is 7.55. The summed E-state index contributed by atoms with van der Waals surface area (Å²) in [6, 6.07) is 0. The van der Waals surface area contributed by atoms with Crippen LogP contribution in [0.15, 0.2) is 12.4 Å². The first-order valence-corrected chi connectivity index (χ1v) is 6.77. The molecule has 4 nitrogen and oxygen atoms in total. The summed E-state index contributed by atoms with van der Waals surface area (Å²) in [5.74, 6) is 0. The molecule has 0 aromatic carbocycles. The molecule has 1 N–H and O–H groups in total. The van der Waals surface area contributed by atoms with Crippen LogP contribution in [0.3, 0.4) is 0 Å². The number of aryl methyl sites for hydroxylation is 2. The molecule has 104 valence electrons. The van der Waals surface area contributed by atoms with Crippen molar-refractivity contribution in [3.05, 3.63) is 18.0 Å². The van der Waals surface area contributed by atoms with Gasteiger partial charge >= 0.3 is 0 Å². The highest BCUT2D eigenvalue weighted by Crippen LogP contribution is 2.26. The van der Waals surface area contributed by atoms with E-state index in [4.69, 9.17) is 4.74 Å². The van der Waals surface area contributed by atoms with Crippen LogP contribution in [0.1, 0.15) is 32.3 Å². The molecular weight excluding hydrogens is 226 g/mol. The van der Waals surface area contributed by atoms with Crippen LogP contribution in [0.25, 0.3) is 0 Å². The number of aromatic nitrogens is 2. The molecule has 0 radical (unpaired) electrons. The molecule has 4 heteroatoms. The standard InChI is InChI=1S/C14H27N3O/c1-5-14(2,12-15-8-9-18-4)7-6-13-10-16-17(3)11-13/h10-11,15H,5-9,12H2,1-4H3. The number of ether oxygens (including phenoxy) is 1. The molecule has 0 aliphatic carbocycles. The molecule has 0 aliphatic heterocycles. The molecule has 0 saturated carbocycles. The van der Waals surface area contributed by atoms with Gasteiger partial charge in [-0.15, -0.1) is 0 Å². The Bertz CT molecular complexity index is 338. The molecule has 0 spiro atoms. The Morgan fingerprint density at radius 3 is 2.83 bits per heavy atom. The second kappa shape index (κ2) is 7.54. The van der Waals surface area contributed by atoms with Gasteiger partial charge in [-0.1, -0.05) is 13.8 Å². The molecule has 0 saturated heterocycles. The second-order valence-electron chi connectivity index (χ2n) is 5.36. The van der Waals surface area contributed by atoms with Crippen molar-refractivity contribution in [3.63, 3.8) is 0 Å². The number of rotatable bonds is 9. The maximum atomic E-state index is 5.05. The largest absolute Gasteiger partial charge is 0.383 e. The van der Waals surface area contributed by atoms with E-state index in [-0.39, 0.29) is 0 Å². The van der Waals surface area contributed by atoms with Crippen LogP contribution in [0, 0.1) is 5.41 Å². The Kier molecular flexibility index (Phi) is 6.36. The van der Waals surface area contributed by atoms with Gasteiger partial charge in [-0.25, -0.2) is 0 Å². The van der Waals surface area contributed by atoms with Gasteiger partial charge in [-0.05, 0) is 30.2 Å². The van der Waals surface area contributed by atoms with E-state index < -0.39 is 0 Å². The molecule has 18 heavy (non-hydrogen) atoms. The van der Waals surface area contributed by atoms with Gasteiger partial charge < -0.3 is 10.1 Å². The number of methoxy groups -OCH3 is 1. The van der Waals surface area contributed by atoms with Crippen LogP contribution < -0.4 is 5.32 Å². The van der Waals surface area contributed by atoms with E-state index in [9.17, 15) is 0 Å². The Hall–Kier alpha value is -0.870. The van der Waals surface area contributed by atoms with Crippen molar-refractivity contribution in [1.29, 1.82) is 0 Å². The molecule has 1 aromatic heterocycles. The van der Waals surface area contributed by atoms with E-state index >= 15 is 0 Å². The summed E-state index contributed by atoms with van der Waals surface area (Å²) in [4.78, 5) is 0. The molecule has 1 rings (SSSR count). The molecule has 1 atom stereocenters. The Balaban J connectivity index is 2.34. The van der Waals surface area contributed by atoms with Crippen LogP contribution in [-0.4, -0.2) is 36.6 Å². The topological polar surface area (TPSA) is 39.1 Å². The van der Waals surface area contributed by atoms with Gasteiger partial charge in [0.1, 0.15) is 0 Å². The molecule has 1 heterocycles. The van der Waals surface area contributed by atoms with Crippen molar-refractivity contribution in [2.45, 2.75) is 33.1 Å². The molecule has 0 fully saturated rings. The molecule has 1 aromatic rings. The van der Waals surface area contributed by atoms with Gasteiger partial charge in [-0.2, -0.15) is 5.10 Å². The summed E-state index contributed by atoms with van der Waals surface area (Å²) in [6.45, 7) is 7.37. The zero-order valence-electron chi connectivity index (χ0n) is 12.2. The monoisotopic (exact) mass is 253 g/mol. The lowest BCUT2D eigenvalue weighted by Gasteiger charge is -2.28. The molecule has 0 amide bonds. The average molecular weight is 253 g/mol. The minimum atomic E-state index is 0.351. The lowest BCUT2D eigenvalue weighted by atomic mass is 9.82. The average Bonchev–Trinajstić information content (AvgIpc) is 2.78. The van der Waals surface area contributed by atoms with E-state index in [2.05, 4.69) is 30.5 Å². The maximum absolute atomic E-state index is 5.05. The van der Waals surface area contributed by atoms with Gasteiger partial charge in [0.25, 0.3) is 0 Å². The van der Waals surface area contributed by atoms with E-state index in [1.165, 1.54) is 18.4 Å². The SMILES string of the molecule is CCC(C)(CCc1cnn(C)c1)CNCCOC. The number of nitrogens with one attached hydrogen (secondary N) is 1. The van der Waals surface area contributed by atoms with Crippen LogP contribution in [0.4, 0.5) is 0 Å². The van der Waals surface area contributed by atoms with Gasteiger partial charge in [0.15, 0.2) is 0 Å². The zero-order chi connectivity index (χ0) is 13.4. The van der Waals surface area contributed by atoms with Crippen LogP contribution in [-0.2, 0) is 18.2 Å². The first kappa shape index (κ1) is 15.2. The fourth-order valence-electron chi connectivity index (χ4n) is 2.00. The Morgan fingerprint density at radius 2 is 2.28 bits per heavy atom. The van der Waals surface area contributed by atoms with Crippen molar-refractivity contribution in [3.8, 4) is 0 Å². The van der Waals surface area contributed by atoms with E-state index in [1.54, 1.807) is 7.11 Å². The van der Waals surface area contributed by atoms with Gasteiger partial charge in [-0.3, -0.25) is 4.68 Å². The molecule has 0 bridgehead atoms. The zero-order valence-corrected chi connectivity index (χ0v) is 12.2. The van der Waals surface area contributed by atoms with Crippen molar-refractivity contribution in [2.24, 2.45) is 12.5 Å². The van der Waals surface area contributed by atoms with Crippen molar-refractivity contribution in [2.75, 3.05) is 26.8 Å². The maximum Gasteiger partial charge on any atom is 0.0587 e. The normalized spacial score (nSPS) is 14.7. The highest BCUT2D eigenvalue weighted by molar-refractivity contribution is 5.04. The van der Waals surface area contributed by atoms with Crippen molar-refractivity contribution < 1.29 is 4.74 Å². The van der Waals surface area contributed by atoms with Crippen molar-refractivity contribution >= 4 is 0 Å². The number of nitrogens with zero attached hydrogens (tertiary/aromatic N) is 2. The summed E-state index contributed by atoms with van der Waals surface area (Å²) in [5.41, 5.74) is 1.68. The van der Waals surface area contributed by atoms with Gasteiger partial charge in [0.2, 0.25) is 0 Å². The minimum Gasteiger partial charge on any atom is -0.383 e. The van der Waals surface area contributed by atoms with E-state index in [0.717, 1.165) is 26.1 Å². The lowest BCUT2D eigenvalue weighted by Crippen LogP contribution is -2.33. The summed E-state index contributed by atoms with van der Waals surface area (Å²) < 4.78 is 6.92. The fourth-order valence-corrected chi connectivity index (χ4v) is 2.00. The molecular formula is C14H27N3O. The predicted octanol–water partition coefficient (Wildman–Crippen LogP) is 2.00. The molecule has 0 aliphatic rings. The van der Waals surface area contributed by atoms with Crippen LogP contribution in [0.2, 0.25) is 0 Å². The second-order valence-corrected chi connectivity index (χ2v) is 5.36. The molecule has 1 unspecified atom stereocenters. The van der Waals surface area contributed by atoms with E-state index in [0.29, 0.717) is 5.41 Å². The highest BCUT2D eigenvalue weighted by Gasteiger charge is 2.21. The van der Waals surface area contributed by atoms with E-state index in [1.807, 2.05) is 17.9 Å². The number of hydrogen-bond donors (Lipinski definition) is 1. The predicted molar refractivity (Wildman–Crippen MR) is 74.7 cm³/mol. The van der Waals surface area contributed by atoms with Crippen molar-refractivity contribution in [1.82, 2.24) is 15.1 Å². The first-order valence-electron chi connectivity index (χ1n) is 6.77. The fraction of sp³-hybridized carbons (Fsp3) is 0.786. The van der Waals surface area contributed by atoms with Gasteiger partial charge in [0.05, 0.1) is 12.8 Å². The highest BCUT2D eigenvalue weighted by atomic mass is 16.5. The number of hydrogen-bond acceptors (Lipinski definition) is 3. The Morgan fingerprint density at radius 1 is 1.50 bits per heavy atom. The van der Waals surface area contributed by atoms with Crippen LogP contribution in [0.5, 0.6) is 0 Å². The first-order chi connectivity index (χ1) is 8.59. The minimum absolute atomic E-state index is 0.351. The Labute approximate surface area is 111 Å². The summed E-state index contributed by atoms with van der Waals surface area (Å²) in [5, 5.41) is 7.69.